The Kier molecular flexibility index (Phi) is 2.00. The summed E-state index contributed by atoms with van der Waals surface area (Å²) < 4.78 is 0. The van der Waals surface area contributed by atoms with Crippen molar-refractivity contribution in [1.29, 1.82) is 0 Å². The number of rotatable bonds is 2. The molecule has 3 aliphatic carbocycles. The van der Waals surface area contributed by atoms with Gasteiger partial charge in [-0.3, -0.25) is 4.98 Å². The Labute approximate surface area is 118 Å². The van der Waals surface area contributed by atoms with Gasteiger partial charge in [-0.05, 0) is 67.2 Å². The summed E-state index contributed by atoms with van der Waals surface area (Å²) in [5, 5.41) is 4.79. The molecule has 3 nitrogen and oxygen atoms in total. The lowest BCUT2D eigenvalue weighted by molar-refractivity contribution is 0.456. The van der Waals surface area contributed by atoms with Crippen LogP contribution in [0.15, 0.2) is 30.5 Å². The van der Waals surface area contributed by atoms with E-state index < -0.39 is 0 Å². The minimum atomic E-state index is 0.678. The van der Waals surface area contributed by atoms with Crippen molar-refractivity contribution in [1.82, 2.24) is 4.98 Å². The first kappa shape index (κ1) is 11.0. The molecule has 0 aliphatic heterocycles. The first-order valence-electron chi connectivity index (χ1n) is 7.72. The number of benzene rings is 1. The highest BCUT2D eigenvalue weighted by atomic mass is 15.0. The highest BCUT2D eigenvalue weighted by Gasteiger charge is 2.65. The van der Waals surface area contributed by atoms with Gasteiger partial charge in [-0.1, -0.05) is 0 Å². The van der Waals surface area contributed by atoms with Crippen LogP contribution in [0.5, 0.6) is 0 Å². The first-order valence-corrected chi connectivity index (χ1v) is 7.72. The van der Waals surface area contributed by atoms with Crippen molar-refractivity contribution < 1.29 is 0 Å². The Morgan fingerprint density at radius 3 is 2.70 bits per heavy atom. The minimum Gasteiger partial charge on any atom is -0.397 e. The monoisotopic (exact) mass is 265 g/mol. The molecule has 1 heterocycles. The predicted molar refractivity (Wildman–Crippen MR) is 81.4 cm³/mol. The van der Waals surface area contributed by atoms with E-state index in [0.29, 0.717) is 6.04 Å². The fourth-order valence-electron chi connectivity index (χ4n) is 5.00. The number of nitrogens with two attached hydrogens (primary N) is 1. The van der Waals surface area contributed by atoms with Gasteiger partial charge in [-0.2, -0.15) is 0 Å². The standard InChI is InChI=1S/C17H19N3/c18-16-11-2-1-7-19-12(11)5-6-13(16)20-17-14-9-3-4-10(8-9)15(14)17/h1-2,5-7,9-10,14-15,17,20H,3-4,8,18H2. The molecule has 3 heteroatoms. The summed E-state index contributed by atoms with van der Waals surface area (Å²) in [5.41, 5.74) is 9.26. The third-order valence-electron chi connectivity index (χ3n) is 5.88. The fraction of sp³-hybridized carbons (Fsp3) is 0.471. The average Bonchev–Trinajstić information content (AvgIpc) is 2.86. The van der Waals surface area contributed by atoms with Gasteiger partial charge < -0.3 is 11.1 Å². The number of nitrogens with one attached hydrogen (secondary N) is 1. The van der Waals surface area contributed by atoms with Crippen molar-refractivity contribution in [2.45, 2.75) is 25.3 Å². The quantitative estimate of drug-likeness (QED) is 0.819. The van der Waals surface area contributed by atoms with E-state index in [0.717, 1.165) is 45.9 Å². The molecule has 3 N–H and O–H groups in total. The van der Waals surface area contributed by atoms with Gasteiger partial charge in [0, 0.05) is 17.6 Å². The van der Waals surface area contributed by atoms with E-state index in [9.17, 15) is 0 Å². The van der Waals surface area contributed by atoms with Gasteiger partial charge in [0.25, 0.3) is 0 Å². The molecule has 102 valence electrons. The van der Waals surface area contributed by atoms with Gasteiger partial charge in [0.2, 0.25) is 0 Å². The summed E-state index contributed by atoms with van der Waals surface area (Å²) in [4.78, 5) is 4.36. The first-order chi connectivity index (χ1) is 9.83. The van der Waals surface area contributed by atoms with E-state index in [4.69, 9.17) is 5.73 Å². The zero-order valence-electron chi connectivity index (χ0n) is 11.4. The maximum atomic E-state index is 6.33. The zero-order chi connectivity index (χ0) is 13.3. The number of pyridine rings is 1. The zero-order valence-corrected chi connectivity index (χ0v) is 11.4. The number of hydrogen-bond donors (Lipinski definition) is 2. The molecule has 5 rings (SSSR count). The van der Waals surface area contributed by atoms with Gasteiger partial charge in [0.15, 0.2) is 0 Å². The summed E-state index contributed by atoms with van der Waals surface area (Å²) in [6, 6.07) is 8.86. The number of nitrogen functional groups attached to an aromatic ring is 1. The van der Waals surface area contributed by atoms with E-state index >= 15 is 0 Å². The molecule has 4 atom stereocenters. The lowest BCUT2D eigenvalue weighted by Gasteiger charge is -2.14. The van der Waals surface area contributed by atoms with Gasteiger partial charge in [-0.25, -0.2) is 0 Å². The summed E-state index contributed by atoms with van der Waals surface area (Å²) in [6.07, 6.45) is 6.23. The lowest BCUT2D eigenvalue weighted by atomic mass is 10.0. The number of anilines is 2. The molecule has 0 saturated heterocycles. The maximum absolute atomic E-state index is 6.33. The Balaban J connectivity index is 1.46. The molecular weight excluding hydrogens is 246 g/mol. The molecule has 3 fully saturated rings. The second kappa shape index (κ2) is 3.66. The maximum Gasteiger partial charge on any atom is 0.0724 e. The summed E-state index contributed by atoms with van der Waals surface area (Å²) in [6.45, 7) is 0. The Morgan fingerprint density at radius 1 is 1.10 bits per heavy atom. The molecule has 1 aromatic carbocycles. The number of fused-ring (bicyclic) bond motifs is 6. The van der Waals surface area contributed by atoms with Gasteiger partial charge in [-0.15, -0.1) is 0 Å². The van der Waals surface area contributed by atoms with Crippen molar-refractivity contribution in [3.8, 4) is 0 Å². The lowest BCUT2D eigenvalue weighted by Crippen LogP contribution is -2.13. The van der Waals surface area contributed by atoms with Crippen LogP contribution < -0.4 is 11.1 Å². The molecule has 4 unspecified atom stereocenters. The van der Waals surface area contributed by atoms with Crippen molar-refractivity contribution in [2.24, 2.45) is 23.7 Å². The van der Waals surface area contributed by atoms with Gasteiger partial charge >= 0.3 is 0 Å². The second-order valence-corrected chi connectivity index (χ2v) is 6.75. The number of aromatic nitrogens is 1. The topological polar surface area (TPSA) is 50.9 Å². The van der Waals surface area contributed by atoms with Crippen LogP contribution in [0.4, 0.5) is 11.4 Å². The van der Waals surface area contributed by atoms with E-state index in [-0.39, 0.29) is 0 Å². The molecule has 2 bridgehead atoms. The molecule has 0 amide bonds. The molecular formula is C17H19N3. The van der Waals surface area contributed by atoms with Crippen LogP contribution in [0.2, 0.25) is 0 Å². The molecule has 2 aromatic rings. The van der Waals surface area contributed by atoms with Crippen LogP contribution in [0.3, 0.4) is 0 Å². The SMILES string of the molecule is Nc1c(NC2C3C4CCC(C4)C23)ccc2ncccc12. The minimum absolute atomic E-state index is 0.678. The third-order valence-corrected chi connectivity index (χ3v) is 5.88. The van der Waals surface area contributed by atoms with Gasteiger partial charge in [0.05, 0.1) is 16.9 Å². The summed E-state index contributed by atoms with van der Waals surface area (Å²) in [5.74, 6) is 3.84. The molecule has 3 saturated carbocycles. The smallest absolute Gasteiger partial charge is 0.0724 e. The van der Waals surface area contributed by atoms with E-state index in [2.05, 4.69) is 28.5 Å². The normalized spacial score (nSPS) is 37.1. The van der Waals surface area contributed by atoms with E-state index in [1.165, 1.54) is 19.3 Å². The van der Waals surface area contributed by atoms with Crippen molar-refractivity contribution in [2.75, 3.05) is 11.1 Å². The van der Waals surface area contributed by atoms with Crippen LogP contribution in [0.1, 0.15) is 19.3 Å². The van der Waals surface area contributed by atoms with Crippen LogP contribution in [0.25, 0.3) is 10.9 Å². The molecule has 20 heavy (non-hydrogen) atoms. The fourth-order valence-corrected chi connectivity index (χ4v) is 5.00. The molecule has 1 aromatic heterocycles. The van der Waals surface area contributed by atoms with Crippen molar-refractivity contribution in [3.63, 3.8) is 0 Å². The Morgan fingerprint density at radius 2 is 1.90 bits per heavy atom. The van der Waals surface area contributed by atoms with E-state index in [1.54, 1.807) is 0 Å². The molecule has 0 radical (unpaired) electrons. The Hall–Kier alpha value is -1.77. The average molecular weight is 265 g/mol. The third kappa shape index (κ3) is 1.33. The van der Waals surface area contributed by atoms with Crippen LogP contribution in [-0.2, 0) is 0 Å². The van der Waals surface area contributed by atoms with Crippen molar-refractivity contribution in [3.05, 3.63) is 30.5 Å². The summed E-state index contributed by atoms with van der Waals surface area (Å²) in [7, 11) is 0. The van der Waals surface area contributed by atoms with Crippen LogP contribution in [0, 0.1) is 23.7 Å². The predicted octanol–water partition coefficient (Wildman–Crippen LogP) is 3.27. The van der Waals surface area contributed by atoms with Crippen LogP contribution in [-0.4, -0.2) is 11.0 Å². The Bertz CT molecular complexity index is 680. The van der Waals surface area contributed by atoms with Crippen LogP contribution >= 0.6 is 0 Å². The van der Waals surface area contributed by atoms with Gasteiger partial charge in [0.1, 0.15) is 0 Å². The highest BCUT2D eigenvalue weighted by molar-refractivity contribution is 5.96. The molecule has 3 aliphatic rings. The molecule has 0 spiro atoms. The van der Waals surface area contributed by atoms with Crippen molar-refractivity contribution >= 4 is 22.3 Å². The highest BCUT2D eigenvalue weighted by Crippen LogP contribution is 2.66. The van der Waals surface area contributed by atoms with E-state index in [1.807, 2.05) is 12.3 Å². The second-order valence-electron chi connectivity index (χ2n) is 6.75. The largest absolute Gasteiger partial charge is 0.397 e. The number of hydrogen-bond acceptors (Lipinski definition) is 3. The summed E-state index contributed by atoms with van der Waals surface area (Å²) >= 11 is 0. The number of nitrogens with zero attached hydrogens (tertiary/aromatic N) is 1.